The first-order valence-electron chi connectivity index (χ1n) is 4.93. The number of carbonyl (C=O) groups excluding carboxylic acids is 1. The number of amides is 1. The standard InChI is InChI=1S/C9H19N3O2/c1-7(8(13)11-10)12-5-3-9(2,14)4-6-12/h7,14H,3-6,10H2,1-2H3,(H,11,13). The van der Waals surface area contributed by atoms with E-state index in [1.807, 2.05) is 18.7 Å². The average molecular weight is 201 g/mol. The molecule has 5 nitrogen and oxygen atoms in total. The third-order valence-corrected chi connectivity index (χ3v) is 2.94. The van der Waals surface area contributed by atoms with Crippen molar-refractivity contribution in [2.24, 2.45) is 5.84 Å². The Morgan fingerprint density at radius 3 is 2.50 bits per heavy atom. The number of piperidine rings is 1. The van der Waals surface area contributed by atoms with Gasteiger partial charge in [-0.3, -0.25) is 15.1 Å². The maximum Gasteiger partial charge on any atom is 0.250 e. The summed E-state index contributed by atoms with van der Waals surface area (Å²) in [4.78, 5) is 13.3. The van der Waals surface area contributed by atoms with Crippen molar-refractivity contribution in [2.45, 2.75) is 38.3 Å². The predicted molar refractivity (Wildman–Crippen MR) is 53.2 cm³/mol. The number of hydrogen-bond acceptors (Lipinski definition) is 4. The van der Waals surface area contributed by atoms with Gasteiger partial charge in [0.05, 0.1) is 11.6 Å². The lowest BCUT2D eigenvalue weighted by Gasteiger charge is -2.38. The van der Waals surface area contributed by atoms with E-state index in [0.29, 0.717) is 12.8 Å². The van der Waals surface area contributed by atoms with Crippen LogP contribution in [-0.4, -0.2) is 40.6 Å². The Bertz CT molecular complexity index is 208. The van der Waals surface area contributed by atoms with Gasteiger partial charge in [-0.05, 0) is 26.7 Å². The zero-order chi connectivity index (χ0) is 10.8. The summed E-state index contributed by atoms with van der Waals surface area (Å²) in [7, 11) is 0. The van der Waals surface area contributed by atoms with Gasteiger partial charge in [0.1, 0.15) is 0 Å². The molecule has 82 valence electrons. The zero-order valence-corrected chi connectivity index (χ0v) is 8.79. The van der Waals surface area contributed by atoms with Crippen LogP contribution in [0.5, 0.6) is 0 Å². The second-order valence-electron chi connectivity index (χ2n) is 4.22. The molecule has 1 aliphatic heterocycles. The summed E-state index contributed by atoms with van der Waals surface area (Å²) in [5, 5.41) is 9.72. The Hall–Kier alpha value is -0.650. The molecule has 0 spiro atoms. The maximum absolute atomic E-state index is 11.2. The molecule has 0 aromatic rings. The first-order chi connectivity index (χ1) is 6.46. The van der Waals surface area contributed by atoms with E-state index in [9.17, 15) is 9.90 Å². The molecule has 0 aliphatic carbocycles. The number of rotatable bonds is 2. The minimum Gasteiger partial charge on any atom is -0.390 e. The lowest BCUT2D eigenvalue weighted by atomic mass is 9.93. The van der Waals surface area contributed by atoms with E-state index in [1.54, 1.807) is 0 Å². The van der Waals surface area contributed by atoms with Gasteiger partial charge in [0.25, 0.3) is 5.91 Å². The summed E-state index contributed by atoms with van der Waals surface area (Å²) in [6.07, 6.45) is 1.41. The fourth-order valence-corrected chi connectivity index (χ4v) is 1.68. The van der Waals surface area contributed by atoms with Crippen LogP contribution in [0.15, 0.2) is 0 Å². The quantitative estimate of drug-likeness (QED) is 0.311. The Morgan fingerprint density at radius 1 is 1.57 bits per heavy atom. The maximum atomic E-state index is 11.2. The van der Waals surface area contributed by atoms with E-state index in [1.165, 1.54) is 0 Å². The Labute approximate surface area is 84.2 Å². The Kier molecular flexibility index (Phi) is 3.47. The lowest BCUT2D eigenvalue weighted by molar-refractivity contribution is -0.127. The van der Waals surface area contributed by atoms with Crippen LogP contribution in [0.1, 0.15) is 26.7 Å². The topological polar surface area (TPSA) is 78.6 Å². The Morgan fingerprint density at radius 2 is 2.07 bits per heavy atom. The minimum absolute atomic E-state index is 0.174. The number of aliphatic hydroxyl groups is 1. The molecule has 1 fully saturated rings. The van der Waals surface area contributed by atoms with E-state index in [-0.39, 0.29) is 11.9 Å². The summed E-state index contributed by atoms with van der Waals surface area (Å²) >= 11 is 0. The zero-order valence-electron chi connectivity index (χ0n) is 8.79. The van der Waals surface area contributed by atoms with Gasteiger partial charge in [0.15, 0.2) is 0 Å². The molecule has 1 saturated heterocycles. The van der Waals surface area contributed by atoms with Crippen LogP contribution in [0.25, 0.3) is 0 Å². The monoisotopic (exact) mass is 201 g/mol. The van der Waals surface area contributed by atoms with E-state index in [4.69, 9.17) is 5.84 Å². The summed E-state index contributed by atoms with van der Waals surface area (Å²) in [6.45, 7) is 5.13. The van der Waals surface area contributed by atoms with Crippen LogP contribution in [0, 0.1) is 0 Å². The van der Waals surface area contributed by atoms with Crippen molar-refractivity contribution in [1.29, 1.82) is 0 Å². The number of carbonyl (C=O) groups is 1. The van der Waals surface area contributed by atoms with Crippen molar-refractivity contribution in [3.8, 4) is 0 Å². The van der Waals surface area contributed by atoms with Crippen LogP contribution in [0.3, 0.4) is 0 Å². The number of nitrogens with zero attached hydrogens (tertiary/aromatic N) is 1. The predicted octanol–water partition coefficient (Wildman–Crippen LogP) is -0.788. The second kappa shape index (κ2) is 4.25. The van der Waals surface area contributed by atoms with Gasteiger partial charge < -0.3 is 5.11 Å². The van der Waals surface area contributed by atoms with Crippen molar-refractivity contribution < 1.29 is 9.90 Å². The number of hydrogen-bond donors (Lipinski definition) is 3. The molecule has 1 rings (SSSR count). The lowest BCUT2D eigenvalue weighted by Crippen LogP contribution is -2.52. The van der Waals surface area contributed by atoms with Crippen molar-refractivity contribution in [3.63, 3.8) is 0 Å². The van der Waals surface area contributed by atoms with E-state index >= 15 is 0 Å². The molecule has 1 amide bonds. The normalized spacial score (nSPS) is 24.3. The van der Waals surface area contributed by atoms with Gasteiger partial charge in [-0.2, -0.15) is 0 Å². The molecule has 0 saturated carbocycles. The van der Waals surface area contributed by atoms with Crippen molar-refractivity contribution in [2.75, 3.05) is 13.1 Å². The third-order valence-electron chi connectivity index (χ3n) is 2.94. The molecule has 14 heavy (non-hydrogen) atoms. The second-order valence-corrected chi connectivity index (χ2v) is 4.22. The van der Waals surface area contributed by atoms with Gasteiger partial charge in [-0.25, -0.2) is 5.84 Å². The molecule has 0 radical (unpaired) electrons. The third kappa shape index (κ3) is 2.67. The van der Waals surface area contributed by atoms with Crippen molar-refractivity contribution in [1.82, 2.24) is 10.3 Å². The molecule has 4 N–H and O–H groups in total. The molecule has 1 aliphatic rings. The highest BCUT2D eigenvalue weighted by Gasteiger charge is 2.31. The summed E-state index contributed by atoms with van der Waals surface area (Å²) in [5.41, 5.74) is 1.57. The molecular formula is C9H19N3O2. The highest BCUT2D eigenvalue weighted by molar-refractivity contribution is 5.80. The molecule has 1 unspecified atom stereocenters. The van der Waals surface area contributed by atoms with Crippen LogP contribution < -0.4 is 11.3 Å². The van der Waals surface area contributed by atoms with E-state index < -0.39 is 5.60 Å². The van der Waals surface area contributed by atoms with Crippen LogP contribution in [0.2, 0.25) is 0 Å². The average Bonchev–Trinajstić information content (AvgIpc) is 2.15. The molecule has 0 bridgehead atoms. The number of nitrogens with one attached hydrogen (secondary N) is 1. The van der Waals surface area contributed by atoms with Crippen LogP contribution >= 0.6 is 0 Å². The summed E-state index contributed by atoms with van der Waals surface area (Å²) < 4.78 is 0. The van der Waals surface area contributed by atoms with Crippen LogP contribution in [-0.2, 0) is 4.79 Å². The summed E-state index contributed by atoms with van der Waals surface area (Å²) in [6, 6.07) is -0.212. The van der Waals surface area contributed by atoms with Crippen molar-refractivity contribution >= 4 is 5.91 Å². The fraction of sp³-hybridized carbons (Fsp3) is 0.889. The highest BCUT2D eigenvalue weighted by Crippen LogP contribution is 2.22. The van der Waals surface area contributed by atoms with Crippen LogP contribution in [0.4, 0.5) is 0 Å². The Balaban J connectivity index is 2.45. The van der Waals surface area contributed by atoms with Gasteiger partial charge in [0, 0.05) is 13.1 Å². The molecule has 1 heterocycles. The van der Waals surface area contributed by atoms with Gasteiger partial charge >= 0.3 is 0 Å². The molecule has 5 heteroatoms. The highest BCUT2D eigenvalue weighted by atomic mass is 16.3. The van der Waals surface area contributed by atoms with Gasteiger partial charge in [-0.15, -0.1) is 0 Å². The fourth-order valence-electron chi connectivity index (χ4n) is 1.68. The molecular weight excluding hydrogens is 182 g/mol. The first-order valence-corrected chi connectivity index (χ1v) is 4.93. The smallest absolute Gasteiger partial charge is 0.250 e. The largest absolute Gasteiger partial charge is 0.390 e. The summed E-state index contributed by atoms with van der Waals surface area (Å²) in [5.74, 6) is 4.88. The van der Waals surface area contributed by atoms with E-state index in [0.717, 1.165) is 13.1 Å². The molecule has 0 aromatic carbocycles. The SMILES string of the molecule is CC(C(=O)NN)N1CCC(C)(O)CC1. The molecule has 1 atom stereocenters. The first kappa shape index (κ1) is 11.4. The molecule has 0 aromatic heterocycles. The minimum atomic E-state index is -0.574. The van der Waals surface area contributed by atoms with Crippen molar-refractivity contribution in [3.05, 3.63) is 0 Å². The van der Waals surface area contributed by atoms with E-state index in [2.05, 4.69) is 5.43 Å². The number of nitrogens with two attached hydrogens (primary N) is 1. The van der Waals surface area contributed by atoms with Gasteiger partial charge in [0.2, 0.25) is 0 Å². The number of hydrazine groups is 1. The van der Waals surface area contributed by atoms with Gasteiger partial charge in [-0.1, -0.05) is 0 Å². The number of likely N-dealkylation sites (tertiary alicyclic amines) is 1.